The van der Waals surface area contributed by atoms with E-state index in [0.717, 1.165) is 38.5 Å². The van der Waals surface area contributed by atoms with Crippen molar-refractivity contribution in [3.05, 3.63) is 0 Å². The molecular formula is C16H28N2O3. The van der Waals surface area contributed by atoms with Crippen LogP contribution in [0.1, 0.15) is 71.1 Å². The number of carboxylic acid groups (broad SMARTS) is 1. The standard InChI is InChI=1S/C16H28N2O3/c1-2-7-16(14(20)21)10-6-11-18(16)13(19)12-15(17)8-4-3-5-9-15/h2-12,17H2,1H3,(H,20,21). The van der Waals surface area contributed by atoms with E-state index in [1.165, 1.54) is 6.42 Å². The Morgan fingerprint density at radius 2 is 1.81 bits per heavy atom. The smallest absolute Gasteiger partial charge is 0.329 e. The lowest BCUT2D eigenvalue weighted by molar-refractivity contribution is -0.157. The minimum absolute atomic E-state index is 0.0623. The third-order valence-corrected chi connectivity index (χ3v) is 5.20. The van der Waals surface area contributed by atoms with Crippen LogP contribution in [0.2, 0.25) is 0 Å². The van der Waals surface area contributed by atoms with Gasteiger partial charge in [0, 0.05) is 18.5 Å². The number of nitrogens with two attached hydrogens (primary N) is 1. The molecule has 1 heterocycles. The van der Waals surface area contributed by atoms with E-state index in [1.54, 1.807) is 4.90 Å². The van der Waals surface area contributed by atoms with E-state index >= 15 is 0 Å². The van der Waals surface area contributed by atoms with Crippen LogP contribution in [0.4, 0.5) is 0 Å². The topological polar surface area (TPSA) is 83.6 Å². The largest absolute Gasteiger partial charge is 0.479 e. The van der Waals surface area contributed by atoms with E-state index in [0.29, 0.717) is 25.8 Å². The van der Waals surface area contributed by atoms with Gasteiger partial charge in [0.05, 0.1) is 0 Å². The molecule has 1 aliphatic carbocycles. The molecule has 1 amide bonds. The molecule has 2 fully saturated rings. The number of carbonyl (C=O) groups excluding carboxylic acids is 1. The van der Waals surface area contributed by atoms with Crippen molar-refractivity contribution in [3.63, 3.8) is 0 Å². The number of likely N-dealkylation sites (tertiary alicyclic amines) is 1. The van der Waals surface area contributed by atoms with Gasteiger partial charge in [-0.2, -0.15) is 0 Å². The number of hydrogen-bond acceptors (Lipinski definition) is 3. The highest BCUT2D eigenvalue weighted by molar-refractivity contribution is 5.88. The molecule has 3 N–H and O–H groups in total. The number of rotatable bonds is 5. The SMILES string of the molecule is CCCC1(C(=O)O)CCCN1C(=O)CC1(N)CCCCC1. The summed E-state index contributed by atoms with van der Waals surface area (Å²) in [5.41, 5.74) is 4.96. The third kappa shape index (κ3) is 3.23. The fraction of sp³-hybridized carbons (Fsp3) is 0.875. The van der Waals surface area contributed by atoms with Crippen molar-refractivity contribution < 1.29 is 14.7 Å². The van der Waals surface area contributed by atoms with E-state index in [-0.39, 0.29) is 5.91 Å². The van der Waals surface area contributed by atoms with Crippen molar-refractivity contribution in [2.45, 2.75) is 82.2 Å². The lowest BCUT2D eigenvalue weighted by atomic mass is 9.79. The molecule has 2 rings (SSSR count). The molecule has 0 aromatic carbocycles. The first-order valence-corrected chi connectivity index (χ1v) is 8.26. The van der Waals surface area contributed by atoms with Gasteiger partial charge in [-0.3, -0.25) is 4.79 Å². The maximum atomic E-state index is 12.7. The first-order valence-electron chi connectivity index (χ1n) is 8.26. The predicted octanol–water partition coefficient (Wildman–Crippen LogP) is 2.28. The van der Waals surface area contributed by atoms with Gasteiger partial charge < -0.3 is 15.7 Å². The Hall–Kier alpha value is -1.10. The molecule has 0 aromatic rings. The van der Waals surface area contributed by atoms with Crippen LogP contribution in [0, 0.1) is 0 Å². The van der Waals surface area contributed by atoms with Crippen LogP contribution < -0.4 is 5.73 Å². The third-order valence-electron chi connectivity index (χ3n) is 5.20. The molecule has 5 heteroatoms. The Morgan fingerprint density at radius 3 is 2.38 bits per heavy atom. The molecule has 2 aliphatic rings. The van der Waals surface area contributed by atoms with Crippen LogP contribution in [-0.4, -0.2) is 39.5 Å². The maximum Gasteiger partial charge on any atom is 0.329 e. The quantitative estimate of drug-likeness (QED) is 0.815. The predicted molar refractivity (Wildman–Crippen MR) is 80.8 cm³/mol. The van der Waals surface area contributed by atoms with Crippen molar-refractivity contribution >= 4 is 11.9 Å². The summed E-state index contributed by atoms with van der Waals surface area (Å²) in [4.78, 5) is 26.1. The number of amides is 1. The highest BCUT2D eigenvalue weighted by atomic mass is 16.4. The van der Waals surface area contributed by atoms with Crippen molar-refractivity contribution in [3.8, 4) is 0 Å². The molecule has 1 atom stereocenters. The summed E-state index contributed by atoms with van der Waals surface area (Å²) in [6.07, 6.45) is 8.02. The van der Waals surface area contributed by atoms with Crippen LogP contribution in [0.15, 0.2) is 0 Å². The van der Waals surface area contributed by atoms with Crippen molar-refractivity contribution in [2.24, 2.45) is 5.73 Å². The summed E-state index contributed by atoms with van der Waals surface area (Å²) in [6, 6.07) is 0. The van der Waals surface area contributed by atoms with Crippen LogP contribution in [0.25, 0.3) is 0 Å². The fourth-order valence-corrected chi connectivity index (χ4v) is 4.07. The summed E-state index contributed by atoms with van der Waals surface area (Å²) in [5, 5.41) is 9.66. The van der Waals surface area contributed by atoms with E-state index in [1.807, 2.05) is 6.92 Å². The van der Waals surface area contributed by atoms with Crippen LogP contribution in [0.5, 0.6) is 0 Å². The second kappa shape index (κ2) is 6.34. The lowest BCUT2D eigenvalue weighted by Gasteiger charge is -2.39. The fourth-order valence-electron chi connectivity index (χ4n) is 4.07. The van der Waals surface area contributed by atoms with Gasteiger partial charge in [0.15, 0.2) is 0 Å². The summed E-state index contributed by atoms with van der Waals surface area (Å²) in [5.74, 6) is -0.919. The first-order chi connectivity index (χ1) is 9.93. The van der Waals surface area contributed by atoms with Gasteiger partial charge >= 0.3 is 5.97 Å². The summed E-state index contributed by atoms with van der Waals surface area (Å²) < 4.78 is 0. The van der Waals surface area contributed by atoms with Crippen molar-refractivity contribution in [1.29, 1.82) is 0 Å². The molecular weight excluding hydrogens is 268 g/mol. The Labute approximate surface area is 126 Å². The normalized spacial score (nSPS) is 28.6. The summed E-state index contributed by atoms with van der Waals surface area (Å²) >= 11 is 0. The second-order valence-electron chi connectivity index (χ2n) is 6.84. The zero-order valence-corrected chi connectivity index (χ0v) is 13.1. The Morgan fingerprint density at radius 1 is 1.14 bits per heavy atom. The summed E-state index contributed by atoms with van der Waals surface area (Å²) in [7, 11) is 0. The van der Waals surface area contributed by atoms with E-state index in [4.69, 9.17) is 5.73 Å². The minimum Gasteiger partial charge on any atom is -0.479 e. The molecule has 0 bridgehead atoms. The van der Waals surface area contributed by atoms with Gasteiger partial charge in [0.25, 0.3) is 0 Å². The highest BCUT2D eigenvalue weighted by Crippen LogP contribution is 2.36. The van der Waals surface area contributed by atoms with Gasteiger partial charge in [-0.1, -0.05) is 32.6 Å². The van der Waals surface area contributed by atoms with Gasteiger partial charge in [-0.25, -0.2) is 4.79 Å². The van der Waals surface area contributed by atoms with Gasteiger partial charge in [0.2, 0.25) is 5.91 Å². The zero-order valence-electron chi connectivity index (χ0n) is 13.1. The van der Waals surface area contributed by atoms with Crippen molar-refractivity contribution in [1.82, 2.24) is 4.90 Å². The van der Waals surface area contributed by atoms with E-state index in [2.05, 4.69) is 0 Å². The molecule has 0 aromatic heterocycles. The second-order valence-corrected chi connectivity index (χ2v) is 6.84. The molecule has 1 aliphatic heterocycles. The van der Waals surface area contributed by atoms with Gasteiger partial charge in [-0.05, 0) is 32.1 Å². The van der Waals surface area contributed by atoms with Gasteiger partial charge in [0.1, 0.15) is 5.54 Å². The average molecular weight is 296 g/mol. The lowest BCUT2D eigenvalue weighted by Crippen LogP contribution is -2.55. The average Bonchev–Trinajstić information content (AvgIpc) is 2.84. The first kappa shape index (κ1) is 16.3. The van der Waals surface area contributed by atoms with Crippen LogP contribution in [-0.2, 0) is 9.59 Å². The molecule has 1 saturated carbocycles. The van der Waals surface area contributed by atoms with Crippen LogP contribution in [0.3, 0.4) is 0 Å². The molecule has 0 radical (unpaired) electrons. The number of nitrogens with zero attached hydrogens (tertiary/aromatic N) is 1. The highest BCUT2D eigenvalue weighted by Gasteiger charge is 2.49. The molecule has 1 unspecified atom stereocenters. The monoisotopic (exact) mass is 296 g/mol. The number of carboxylic acids is 1. The Bertz CT molecular complexity index is 404. The van der Waals surface area contributed by atoms with Gasteiger partial charge in [-0.15, -0.1) is 0 Å². The number of carbonyl (C=O) groups is 2. The molecule has 5 nitrogen and oxygen atoms in total. The Balaban J connectivity index is 2.11. The minimum atomic E-state index is -0.989. The number of hydrogen-bond donors (Lipinski definition) is 2. The van der Waals surface area contributed by atoms with Crippen LogP contribution >= 0.6 is 0 Å². The van der Waals surface area contributed by atoms with E-state index < -0.39 is 17.0 Å². The Kier molecular flexibility index (Phi) is 4.91. The molecule has 0 spiro atoms. The molecule has 120 valence electrons. The molecule has 21 heavy (non-hydrogen) atoms. The maximum absolute atomic E-state index is 12.7. The zero-order chi connectivity index (χ0) is 15.5. The summed E-state index contributed by atoms with van der Waals surface area (Å²) in [6.45, 7) is 2.53. The molecule has 1 saturated heterocycles. The van der Waals surface area contributed by atoms with E-state index in [9.17, 15) is 14.7 Å². The number of aliphatic carboxylic acids is 1. The van der Waals surface area contributed by atoms with Crippen molar-refractivity contribution in [2.75, 3.05) is 6.54 Å².